The van der Waals surface area contributed by atoms with Crippen molar-refractivity contribution in [3.63, 3.8) is 0 Å². The lowest BCUT2D eigenvalue weighted by Crippen LogP contribution is -2.62. The molecule has 2 atom stereocenters. The van der Waals surface area contributed by atoms with Gasteiger partial charge in [-0.25, -0.2) is 4.79 Å². The number of amides is 1. The Hall–Kier alpha value is -2.08. The summed E-state index contributed by atoms with van der Waals surface area (Å²) in [6, 6.07) is 8.98. The summed E-state index contributed by atoms with van der Waals surface area (Å²) in [5, 5.41) is 6.30. The van der Waals surface area contributed by atoms with Gasteiger partial charge in [-0.05, 0) is 42.6 Å². The molecule has 0 aliphatic rings. The molecule has 1 unspecified atom stereocenters. The number of hydrogen-bond donors (Lipinski definition) is 2. The number of benzene rings is 1. The second-order valence-electron chi connectivity index (χ2n) is 10.6. The summed E-state index contributed by atoms with van der Waals surface area (Å²) >= 11 is 0. The molecule has 2 N–H and O–H groups in total. The number of carbonyl (C=O) groups excluding carboxylic acids is 2. The second kappa shape index (κ2) is 10.8. The van der Waals surface area contributed by atoms with Crippen molar-refractivity contribution in [1.29, 1.82) is 0 Å². The van der Waals surface area contributed by atoms with Gasteiger partial charge >= 0.3 is 12.1 Å². The molecule has 0 saturated carbocycles. The van der Waals surface area contributed by atoms with E-state index in [0.717, 1.165) is 12.0 Å². The van der Waals surface area contributed by atoms with Crippen LogP contribution in [0.15, 0.2) is 30.3 Å². The molecule has 30 heavy (non-hydrogen) atoms. The lowest BCUT2D eigenvalue weighted by atomic mass is 9.85. The van der Waals surface area contributed by atoms with Crippen LogP contribution in [-0.4, -0.2) is 30.9 Å². The predicted octanol–water partition coefficient (Wildman–Crippen LogP) is 5.02. The average Bonchev–Trinajstić information content (AvgIpc) is 2.63. The Balaban J connectivity index is 2.93. The fraction of sp³-hybridized carbons (Fsp3) is 0.667. The van der Waals surface area contributed by atoms with Gasteiger partial charge in [0.05, 0.1) is 12.8 Å². The molecule has 0 fully saturated rings. The fourth-order valence-corrected chi connectivity index (χ4v) is 3.11. The molecule has 1 rings (SSSR count). The summed E-state index contributed by atoms with van der Waals surface area (Å²) < 4.78 is 10.4. The second-order valence-corrected chi connectivity index (χ2v) is 10.6. The van der Waals surface area contributed by atoms with E-state index in [9.17, 15) is 9.59 Å². The van der Waals surface area contributed by atoms with Crippen LogP contribution in [0.5, 0.6) is 0 Å². The number of carbonyl (C=O) groups is 2. The van der Waals surface area contributed by atoms with Gasteiger partial charge in [-0.15, -0.1) is 0 Å². The Bertz CT molecular complexity index is 677. The van der Waals surface area contributed by atoms with Gasteiger partial charge in [0.1, 0.15) is 12.6 Å². The molecule has 0 aliphatic heterocycles. The standard InChI is InChI=1S/C24H40N2O4/c1-22(2,3)14-15-24(7,25-19(20(27)29-8)16-23(4,5)6)26-21(28)30-17-18-12-10-9-11-13-18/h9-13,19,25H,14-17H2,1-8H3,(H,26,28)/t19?,24-/m0/s1. The average molecular weight is 421 g/mol. The summed E-state index contributed by atoms with van der Waals surface area (Å²) in [7, 11) is 1.38. The van der Waals surface area contributed by atoms with E-state index >= 15 is 0 Å². The molecule has 6 heteroatoms. The normalized spacial score (nSPS) is 15.1. The number of alkyl carbamates (subject to hydrolysis) is 1. The third-order valence-corrected chi connectivity index (χ3v) is 4.76. The maximum absolute atomic E-state index is 12.6. The SMILES string of the molecule is COC(=O)C(CC(C)(C)C)N[C@](C)(CCC(C)(C)C)NC(=O)OCc1ccccc1. The molecule has 0 bridgehead atoms. The molecule has 1 aromatic rings. The highest BCUT2D eigenvalue weighted by molar-refractivity contribution is 5.76. The van der Waals surface area contributed by atoms with Crippen molar-refractivity contribution in [3.05, 3.63) is 35.9 Å². The van der Waals surface area contributed by atoms with E-state index < -0.39 is 17.8 Å². The molecule has 0 aliphatic carbocycles. The molecular formula is C24H40N2O4. The maximum atomic E-state index is 12.6. The van der Waals surface area contributed by atoms with Crippen molar-refractivity contribution in [2.24, 2.45) is 10.8 Å². The topological polar surface area (TPSA) is 76.7 Å². The van der Waals surface area contributed by atoms with Crippen LogP contribution >= 0.6 is 0 Å². The van der Waals surface area contributed by atoms with Gasteiger partial charge in [-0.3, -0.25) is 10.1 Å². The number of ether oxygens (including phenoxy) is 2. The van der Waals surface area contributed by atoms with Gasteiger partial charge in [-0.2, -0.15) is 0 Å². The zero-order valence-electron chi connectivity index (χ0n) is 19.9. The van der Waals surface area contributed by atoms with Gasteiger partial charge in [-0.1, -0.05) is 71.9 Å². The zero-order chi connectivity index (χ0) is 23.0. The van der Waals surface area contributed by atoms with E-state index in [4.69, 9.17) is 9.47 Å². The van der Waals surface area contributed by atoms with Gasteiger partial charge < -0.3 is 14.8 Å². The third kappa shape index (κ3) is 10.6. The van der Waals surface area contributed by atoms with Crippen LogP contribution in [0.3, 0.4) is 0 Å². The summed E-state index contributed by atoms with van der Waals surface area (Å²) in [5.41, 5.74) is 0.0660. The maximum Gasteiger partial charge on any atom is 0.408 e. The van der Waals surface area contributed by atoms with Crippen LogP contribution in [0, 0.1) is 10.8 Å². The zero-order valence-corrected chi connectivity index (χ0v) is 19.9. The van der Waals surface area contributed by atoms with Crippen molar-refractivity contribution in [3.8, 4) is 0 Å². The molecule has 0 heterocycles. The highest BCUT2D eigenvalue weighted by atomic mass is 16.5. The first-order valence-corrected chi connectivity index (χ1v) is 10.6. The van der Waals surface area contributed by atoms with E-state index in [1.165, 1.54) is 7.11 Å². The summed E-state index contributed by atoms with van der Waals surface area (Å²) in [4.78, 5) is 25.0. The first kappa shape index (κ1) is 26.0. The van der Waals surface area contributed by atoms with Crippen LogP contribution in [0.25, 0.3) is 0 Å². The van der Waals surface area contributed by atoms with E-state index in [1.54, 1.807) is 0 Å². The molecular weight excluding hydrogens is 380 g/mol. The first-order chi connectivity index (χ1) is 13.7. The van der Waals surface area contributed by atoms with E-state index in [2.05, 4.69) is 52.2 Å². The van der Waals surface area contributed by atoms with Gasteiger partial charge in [0, 0.05) is 0 Å². The van der Waals surface area contributed by atoms with Crippen LogP contribution in [0.2, 0.25) is 0 Å². The number of hydrogen-bond acceptors (Lipinski definition) is 5. The van der Waals surface area contributed by atoms with E-state index in [-0.39, 0.29) is 23.4 Å². The van der Waals surface area contributed by atoms with E-state index in [0.29, 0.717) is 12.8 Å². The lowest BCUT2D eigenvalue weighted by Gasteiger charge is -2.38. The highest BCUT2D eigenvalue weighted by Gasteiger charge is 2.35. The van der Waals surface area contributed by atoms with E-state index in [1.807, 2.05) is 37.3 Å². The van der Waals surface area contributed by atoms with Crippen LogP contribution in [0.1, 0.15) is 73.3 Å². The molecule has 6 nitrogen and oxygen atoms in total. The van der Waals surface area contributed by atoms with Crippen molar-refractivity contribution in [1.82, 2.24) is 10.6 Å². The lowest BCUT2D eigenvalue weighted by molar-refractivity contribution is -0.144. The molecule has 0 saturated heterocycles. The van der Waals surface area contributed by atoms with Crippen molar-refractivity contribution >= 4 is 12.1 Å². The van der Waals surface area contributed by atoms with Crippen molar-refractivity contribution in [2.75, 3.05) is 7.11 Å². The predicted molar refractivity (Wildman–Crippen MR) is 120 cm³/mol. The highest BCUT2D eigenvalue weighted by Crippen LogP contribution is 2.27. The van der Waals surface area contributed by atoms with Gasteiger partial charge in [0.2, 0.25) is 0 Å². The summed E-state index contributed by atoms with van der Waals surface area (Å²) in [6.07, 6.45) is 1.53. The summed E-state index contributed by atoms with van der Waals surface area (Å²) in [5.74, 6) is -0.341. The van der Waals surface area contributed by atoms with Crippen LogP contribution in [-0.2, 0) is 20.9 Å². The van der Waals surface area contributed by atoms with Gasteiger partial charge in [0.15, 0.2) is 0 Å². The molecule has 0 spiro atoms. The quantitative estimate of drug-likeness (QED) is 0.433. The minimum Gasteiger partial charge on any atom is -0.468 e. The smallest absolute Gasteiger partial charge is 0.408 e. The minimum absolute atomic E-state index is 0.0728. The number of methoxy groups -OCH3 is 1. The number of esters is 1. The molecule has 1 aromatic carbocycles. The Labute approximate surface area is 182 Å². The third-order valence-electron chi connectivity index (χ3n) is 4.76. The molecule has 0 aromatic heterocycles. The number of rotatable bonds is 9. The monoisotopic (exact) mass is 420 g/mol. The Morgan fingerprint density at radius 1 is 0.933 bits per heavy atom. The first-order valence-electron chi connectivity index (χ1n) is 10.6. The Kier molecular flexibility index (Phi) is 9.35. The number of nitrogens with one attached hydrogen (secondary N) is 2. The largest absolute Gasteiger partial charge is 0.468 e. The molecule has 170 valence electrons. The van der Waals surface area contributed by atoms with Crippen LogP contribution in [0.4, 0.5) is 4.79 Å². The fourth-order valence-electron chi connectivity index (χ4n) is 3.11. The summed E-state index contributed by atoms with van der Waals surface area (Å²) in [6.45, 7) is 14.7. The Morgan fingerprint density at radius 2 is 1.53 bits per heavy atom. The Morgan fingerprint density at radius 3 is 2.03 bits per heavy atom. The van der Waals surface area contributed by atoms with Crippen molar-refractivity contribution in [2.45, 2.75) is 86.0 Å². The minimum atomic E-state index is -0.828. The van der Waals surface area contributed by atoms with Gasteiger partial charge in [0.25, 0.3) is 0 Å². The van der Waals surface area contributed by atoms with Crippen LogP contribution < -0.4 is 10.6 Å². The molecule has 0 radical (unpaired) electrons. The van der Waals surface area contributed by atoms with Crippen molar-refractivity contribution < 1.29 is 19.1 Å². The molecule has 1 amide bonds.